The molecule has 0 fully saturated rings. The lowest BCUT2D eigenvalue weighted by Gasteiger charge is -2.34. The number of aromatic nitrogens is 4. The van der Waals surface area contributed by atoms with Crippen LogP contribution in [0, 0.1) is 6.92 Å². The molecule has 25 heavy (non-hydrogen) atoms. The predicted octanol–water partition coefficient (Wildman–Crippen LogP) is 2.31. The SMILES string of the molecule is Cc1cnc(C(=O)N2Cc3ccccc3[C@H](c3cnn(C)c3)C2)cn1. The molecular formula is C19H19N5O. The first-order valence-corrected chi connectivity index (χ1v) is 8.26. The van der Waals surface area contributed by atoms with E-state index in [1.165, 1.54) is 5.56 Å². The Kier molecular flexibility index (Phi) is 3.80. The molecule has 0 aliphatic carbocycles. The summed E-state index contributed by atoms with van der Waals surface area (Å²) >= 11 is 0. The summed E-state index contributed by atoms with van der Waals surface area (Å²) in [5.41, 5.74) is 4.72. The van der Waals surface area contributed by atoms with Crippen molar-refractivity contribution in [1.29, 1.82) is 0 Å². The molecule has 2 aromatic heterocycles. The molecule has 0 unspecified atom stereocenters. The summed E-state index contributed by atoms with van der Waals surface area (Å²) in [6.07, 6.45) is 7.07. The molecule has 1 aromatic carbocycles. The minimum absolute atomic E-state index is 0.0871. The fourth-order valence-corrected chi connectivity index (χ4v) is 3.33. The van der Waals surface area contributed by atoms with E-state index < -0.39 is 0 Å². The van der Waals surface area contributed by atoms with Crippen LogP contribution < -0.4 is 0 Å². The molecule has 4 rings (SSSR count). The molecule has 1 aliphatic rings. The molecule has 6 nitrogen and oxygen atoms in total. The first-order chi connectivity index (χ1) is 12.1. The number of rotatable bonds is 2. The van der Waals surface area contributed by atoms with Gasteiger partial charge in [-0.3, -0.25) is 14.5 Å². The van der Waals surface area contributed by atoms with Gasteiger partial charge in [0.05, 0.1) is 18.1 Å². The van der Waals surface area contributed by atoms with Crippen molar-refractivity contribution >= 4 is 5.91 Å². The van der Waals surface area contributed by atoms with Gasteiger partial charge in [-0.05, 0) is 23.6 Å². The molecule has 1 aliphatic heterocycles. The van der Waals surface area contributed by atoms with E-state index in [0.717, 1.165) is 16.8 Å². The maximum atomic E-state index is 12.9. The van der Waals surface area contributed by atoms with Crippen molar-refractivity contribution in [2.75, 3.05) is 6.54 Å². The smallest absolute Gasteiger partial charge is 0.274 e. The normalized spacial score (nSPS) is 16.6. The largest absolute Gasteiger partial charge is 0.332 e. The highest BCUT2D eigenvalue weighted by molar-refractivity contribution is 5.92. The molecular weight excluding hydrogens is 314 g/mol. The Labute approximate surface area is 146 Å². The lowest BCUT2D eigenvalue weighted by atomic mass is 9.86. The van der Waals surface area contributed by atoms with E-state index in [9.17, 15) is 4.79 Å². The van der Waals surface area contributed by atoms with E-state index >= 15 is 0 Å². The van der Waals surface area contributed by atoms with Crippen molar-refractivity contribution < 1.29 is 4.79 Å². The number of carbonyl (C=O) groups excluding carboxylic acids is 1. The van der Waals surface area contributed by atoms with E-state index in [1.807, 2.05) is 43.4 Å². The summed E-state index contributed by atoms with van der Waals surface area (Å²) in [5, 5.41) is 4.29. The molecule has 0 saturated heterocycles. The van der Waals surface area contributed by atoms with Crippen molar-refractivity contribution in [1.82, 2.24) is 24.6 Å². The van der Waals surface area contributed by atoms with Gasteiger partial charge < -0.3 is 4.90 Å². The van der Waals surface area contributed by atoms with E-state index in [-0.39, 0.29) is 11.8 Å². The van der Waals surface area contributed by atoms with Crippen molar-refractivity contribution in [2.45, 2.75) is 19.4 Å². The number of hydrogen-bond donors (Lipinski definition) is 0. The summed E-state index contributed by atoms with van der Waals surface area (Å²) in [4.78, 5) is 23.2. The van der Waals surface area contributed by atoms with Crippen LogP contribution in [0.4, 0.5) is 0 Å². The third kappa shape index (κ3) is 2.91. The lowest BCUT2D eigenvalue weighted by Crippen LogP contribution is -2.39. The number of carbonyl (C=O) groups is 1. The van der Waals surface area contributed by atoms with Crippen LogP contribution in [0.2, 0.25) is 0 Å². The summed E-state index contributed by atoms with van der Waals surface area (Å²) < 4.78 is 1.80. The van der Waals surface area contributed by atoms with Crippen LogP contribution in [-0.4, -0.2) is 37.1 Å². The molecule has 126 valence electrons. The topological polar surface area (TPSA) is 63.9 Å². The highest BCUT2D eigenvalue weighted by atomic mass is 16.2. The van der Waals surface area contributed by atoms with Crippen molar-refractivity contribution in [2.24, 2.45) is 7.05 Å². The zero-order valence-corrected chi connectivity index (χ0v) is 14.3. The molecule has 1 atom stereocenters. The number of benzene rings is 1. The van der Waals surface area contributed by atoms with E-state index in [4.69, 9.17) is 0 Å². The van der Waals surface area contributed by atoms with Gasteiger partial charge in [-0.2, -0.15) is 5.10 Å². The van der Waals surface area contributed by atoms with Crippen LogP contribution in [0.25, 0.3) is 0 Å². The van der Waals surface area contributed by atoms with E-state index in [2.05, 4.69) is 27.2 Å². The second-order valence-corrected chi connectivity index (χ2v) is 6.43. The Morgan fingerprint density at radius 2 is 2.00 bits per heavy atom. The maximum absolute atomic E-state index is 12.9. The van der Waals surface area contributed by atoms with Gasteiger partial charge in [0.1, 0.15) is 5.69 Å². The Morgan fingerprint density at radius 3 is 2.72 bits per heavy atom. The van der Waals surface area contributed by atoms with E-state index in [0.29, 0.717) is 18.8 Å². The summed E-state index contributed by atoms with van der Waals surface area (Å²) in [6, 6.07) is 8.28. The molecule has 3 heterocycles. The number of fused-ring (bicyclic) bond motifs is 1. The van der Waals surface area contributed by atoms with Crippen LogP contribution >= 0.6 is 0 Å². The van der Waals surface area contributed by atoms with Crippen molar-refractivity contribution in [3.8, 4) is 0 Å². The van der Waals surface area contributed by atoms with Crippen LogP contribution in [0.1, 0.15) is 38.8 Å². The van der Waals surface area contributed by atoms with Gasteiger partial charge in [0.15, 0.2) is 0 Å². The fourth-order valence-electron chi connectivity index (χ4n) is 3.33. The van der Waals surface area contributed by atoms with Gasteiger partial charge in [-0.25, -0.2) is 4.98 Å². The molecule has 0 N–H and O–H groups in total. The summed E-state index contributed by atoms with van der Waals surface area (Å²) in [6.45, 7) is 3.05. The standard InChI is InChI=1S/C19H19N5O/c1-13-7-21-18(9-20-13)19(25)24-11-14-5-3-4-6-16(14)17(12-24)15-8-22-23(2)10-15/h3-10,17H,11-12H2,1-2H3/t17-/m0/s1. The highest BCUT2D eigenvalue weighted by Crippen LogP contribution is 2.33. The van der Waals surface area contributed by atoms with Crippen LogP contribution in [0.15, 0.2) is 49.1 Å². The van der Waals surface area contributed by atoms with Gasteiger partial charge in [0.2, 0.25) is 0 Å². The summed E-state index contributed by atoms with van der Waals surface area (Å²) in [7, 11) is 1.91. The number of aryl methyl sites for hydroxylation is 2. The van der Waals surface area contributed by atoms with Gasteiger partial charge in [0, 0.05) is 38.4 Å². The van der Waals surface area contributed by atoms with Gasteiger partial charge in [-0.15, -0.1) is 0 Å². The molecule has 6 heteroatoms. The monoisotopic (exact) mass is 333 g/mol. The molecule has 0 bridgehead atoms. The zero-order chi connectivity index (χ0) is 17.4. The quantitative estimate of drug-likeness (QED) is 0.722. The predicted molar refractivity (Wildman–Crippen MR) is 93.0 cm³/mol. The molecule has 3 aromatic rings. The molecule has 0 radical (unpaired) electrons. The van der Waals surface area contributed by atoms with Crippen LogP contribution in [0.5, 0.6) is 0 Å². The van der Waals surface area contributed by atoms with Gasteiger partial charge in [0.25, 0.3) is 5.91 Å². The summed E-state index contributed by atoms with van der Waals surface area (Å²) in [5.74, 6) is 0.0249. The third-order valence-electron chi connectivity index (χ3n) is 4.61. The molecule has 0 spiro atoms. The molecule has 1 amide bonds. The van der Waals surface area contributed by atoms with Crippen molar-refractivity contribution in [3.05, 3.63) is 77.1 Å². The number of hydrogen-bond acceptors (Lipinski definition) is 4. The highest BCUT2D eigenvalue weighted by Gasteiger charge is 2.30. The van der Waals surface area contributed by atoms with E-state index in [1.54, 1.807) is 17.1 Å². The Morgan fingerprint density at radius 1 is 1.16 bits per heavy atom. The minimum Gasteiger partial charge on any atom is -0.332 e. The Bertz CT molecular complexity index is 916. The average Bonchev–Trinajstić information content (AvgIpc) is 3.07. The zero-order valence-electron chi connectivity index (χ0n) is 14.3. The van der Waals surface area contributed by atoms with Crippen LogP contribution in [-0.2, 0) is 13.6 Å². The van der Waals surface area contributed by atoms with Crippen molar-refractivity contribution in [3.63, 3.8) is 0 Å². The first kappa shape index (κ1) is 15.5. The van der Waals surface area contributed by atoms with Gasteiger partial charge in [-0.1, -0.05) is 24.3 Å². The lowest BCUT2D eigenvalue weighted by molar-refractivity contribution is 0.0718. The van der Waals surface area contributed by atoms with Crippen LogP contribution in [0.3, 0.4) is 0 Å². The minimum atomic E-state index is -0.0871. The second-order valence-electron chi connectivity index (χ2n) is 6.43. The maximum Gasteiger partial charge on any atom is 0.274 e. The third-order valence-corrected chi connectivity index (χ3v) is 4.61. The Balaban J connectivity index is 1.70. The Hall–Kier alpha value is -3.02. The second kappa shape index (κ2) is 6.12. The number of nitrogens with zero attached hydrogens (tertiary/aromatic N) is 5. The fraction of sp³-hybridized carbons (Fsp3) is 0.263. The van der Waals surface area contributed by atoms with Gasteiger partial charge >= 0.3 is 0 Å². The first-order valence-electron chi connectivity index (χ1n) is 8.26. The number of amides is 1. The molecule has 0 saturated carbocycles. The average molecular weight is 333 g/mol.